The van der Waals surface area contributed by atoms with Gasteiger partial charge in [0.2, 0.25) is 0 Å². The van der Waals surface area contributed by atoms with Gasteiger partial charge in [-0.1, -0.05) is 60.1 Å². The summed E-state index contributed by atoms with van der Waals surface area (Å²) in [5, 5.41) is 2.03. The van der Waals surface area contributed by atoms with Crippen molar-refractivity contribution in [3.63, 3.8) is 0 Å². The van der Waals surface area contributed by atoms with E-state index in [1.807, 2.05) is 64.3 Å². The summed E-state index contributed by atoms with van der Waals surface area (Å²) in [4.78, 5) is 11.2. The molecule has 4 nitrogen and oxygen atoms in total. The van der Waals surface area contributed by atoms with Gasteiger partial charge in [0.15, 0.2) is 11.1 Å². The maximum absolute atomic E-state index is 12.5. The minimum atomic E-state index is -4.99. The number of amides is 1. The van der Waals surface area contributed by atoms with E-state index in [4.69, 9.17) is 16.2 Å². The molecule has 0 radical (unpaired) electrons. The Bertz CT molecular complexity index is 1140. The van der Waals surface area contributed by atoms with E-state index in [-0.39, 0.29) is 16.5 Å². The van der Waals surface area contributed by atoms with Gasteiger partial charge in [-0.2, -0.15) is 13.2 Å². The molecule has 1 atom stereocenters. The van der Waals surface area contributed by atoms with Crippen molar-refractivity contribution in [1.29, 1.82) is 0 Å². The molecule has 0 saturated heterocycles. The predicted octanol–water partition coefficient (Wildman–Crippen LogP) is 6.50. The Kier molecular flexibility index (Phi) is 7.40. The molecule has 3 aromatic rings. The van der Waals surface area contributed by atoms with Crippen LogP contribution >= 0.6 is 34.2 Å². The number of alkyl halides is 3. The molecule has 0 aliphatic heterocycles. The molecule has 0 heterocycles. The number of carbonyl (C=O) groups excluding carboxylic acids is 1. The standard InChI is InChI=1S/C21H14ClF3INO3S/c22-17-10-19(27-20(28)21(23,24)25)18(26)9-16(17)15-7-5-14(6-8-15)13-3-1-12(2-4-13)11-31(29)30/h1-10H,11H2,(H,27,28)(H,29,30). The van der Waals surface area contributed by atoms with Crippen LogP contribution in [0.25, 0.3) is 22.3 Å². The lowest BCUT2D eigenvalue weighted by Crippen LogP contribution is -2.30. The lowest BCUT2D eigenvalue weighted by molar-refractivity contribution is -0.167. The van der Waals surface area contributed by atoms with Crippen LogP contribution in [-0.2, 0) is 21.6 Å². The zero-order valence-electron chi connectivity index (χ0n) is 15.5. The number of hydrogen-bond donors (Lipinski definition) is 2. The highest BCUT2D eigenvalue weighted by atomic mass is 127. The molecule has 0 fully saturated rings. The first-order valence-electron chi connectivity index (χ1n) is 8.69. The van der Waals surface area contributed by atoms with E-state index in [1.165, 1.54) is 6.07 Å². The minimum Gasteiger partial charge on any atom is -0.317 e. The number of benzene rings is 3. The minimum absolute atomic E-state index is 0.0165. The van der Waals surface area contributed by atoms with Gasteiger partial charge in [-0.3, -0.25) is 4.79 Å². The smallest absolute Gasteiger partial charge is 0.317 e. The van der Waals surface area contributed by atoms with Crippen molar-refractivity contribution >= 4 is 56.9 Å². The highest BCUT2D eigenvalue weighted by molar-refractivity contribution is 14.1. The summed E-state index contributed by atoms with van der Waals surface area (Å²) >= 11 is 6.21. The highest BCUT2D eigenvalue weighted by Gasteiger charge is 2.39. The molecule has 31 heavy (non-hydrogen) atoms. The van der Waals surface area contributed by atoms with E-state index in [1.54, 1.807) is 18.2 Å². The van der Waals surface area contributed by atoms with Crippen LogP contribution in [0.5, 0.6) is 0 Å². The van der Waals surface area contributed by atoms with Gasteiger partial charge in [0, 0.05) is 9.13 Å². The Labute approximate surface area is 197 Å². The molecule has 0 aliphatic carbocycles. The third-order valence-corrected chi connectivity index (χ3v) is 6.12. The van der Waals surface area contributed by atoms with Gasteiger partial charge in [-0.05, 0) is 57.0 Å². The molecule has 3 rings (SSSR count). The Morgan fingerprint density at radius 2 is 1.52 bits per heavy atom. The number of carbonyl (C=O) groups is 1. The molecule has 0 spiro atoms. The van der Waals surface area contributed by atoms with Crippen molar-refractivity contribution in [3.05, 3.63) is 74.8 Å². The van der Waals surface area contributed by atoms with Crippen molar-refractivity contribution < 1.29 is 26.7 Å². The molecule has 1 unspecified atom stereocenters. The zero-order valence-corrected chi connectivity index (χ0v) is 19.3. The first kappa shape index (κ1) is 23.7. The predicted molar refractivity (Wildman–Crippen MR) is 124 cm³/mol. The monoisotopic (exact) mass is 579 g/mol. The molecule has 162 valence electrons. The van der Waals surface area contributed by atoms with Gasteiger partial charge in [0.05, 0.1) is 16.5 Å². The van der Waals surface area contributed by atoms with Crippen LogP contribution in [0.4, 0.5) is 18.9 Å². The average Bonchev–Trinajstić information content (AvgIpc) is 2.70. The second-order valence-corrected chi connectivity index (χ2v) is 9.00. The maximum Gasteiger partial charge on any atom is 0.471 e. The van der Waals surface area contributed by atoms with Crippen molar-refractivity contribution in [3.8, 4) is 22.3 Å². The second kappa shape index (κ2) is 9.68. The van der Waals surface area contributed by atoms with Crippen molar-refractivity contribution in [2.75, 3.05) is 5.32 Å². The Morgan fingerprint density at radius 1 is 1.00 bits per heavy atom. The van der Waals surface area contributed by atoms with Gasteiger partial charge in [-0.15, -0.1) is 0 Å². The molecule has 0 aromatic heterocycles. The van der Waals surface area contributed by atoms with Crippen LogP contribution in [0.3, 0.4) is 0 Å². The van der Waals surface area contributed by atoms with Crippen LogP contribution in [0, 0.1) is 3.57 Å². The third kappa shape index (κ3) is 6.06. The molecule has 0 aliphatic rings. The van der Waals surface area contributed by atoms with Crippen LogP contribution in [0.2, 0.25) is 5.02 Å². The lowest BCUT2D eigenvalue weighted by atomic mass is 9.99. The van der Waals surface area contributed by atoms with Crippen molar-refractivity contribution in [1.82, 2.24) is 0 Å². The third-order valence-electron chi connectivity index (χ3n) is 4.34. The lowest BCUT2D eigenvalue weighted by Gasteiger charge is -2.13. The number of nitrogens with one attached hydrogen (secondary N) is 1. The molecule has 0 saturated carbocycles. The molecule has 0 bridgehead atoms. The van der Waals surface area contributed by atoms with E-state index in [9.17, 15) is 22.2 Å². The van der Waals surface area contributed by atoms with Crippen LogP contribution in [-0.4, -0.2) is 20.8 Å². The Morgan fingerprint density at radius 3 is 2.03 bits per heavy atom. The summed E-state index contributed by atoms with van der Waals surface area (Å²) < 4.78 is 57.7. The Balaban J connectivity index is 1.83. The molecule has 3 aromatic carbocycles. The van der Waals surface area contributed by atoms with Crippen molar-refractivity contribution in [2.45, 2.75) is 11.9 Å². The quantitative estimate of drug-likeness (QED) is 0.268. The first-order chi connectivity index (χ1) is 14.5. The fraction of sp³-hybridized carbons (Fsp3) is 0.0952. The molecular weight excluding hydrogens is 566 g/mol. The average molecular weight is 580 g/mol. The zero-order chi connectivity index (χ0) is 22.8. The maximum atomic E-state index is 12.5. The van der Waals surface area contributed by atoms with E-state index in [0.717, 1.165) is 22.3 Å². The summed E-state index contributed by atoms with van der Waals surface area (Å²) in [6, 6.07) is 17.6. The molecule has 1 amide bonds. The fourth-order valence-electron chi connectivity index (χ4n) is 2.84. The molecule has 10 heteroatoms. The van der Waals surface area contributed by atoms with Gasteiger partial charge in [0.25, 0.3) is 0 Å². The van der Waals surface area contributed by atoms with Gasteiger partial charge in [-0.25, -0.2) is 4.21 Å². The fourth-order valence-corrected chi connectivity index (χ4v) is 4.19. The van der Waals surface area contributed by atoms with E-state index >= 15 is 0 Å². The largest absolute Gasteiger partial charge is 0.471 e. The second-order valence-electron chi connectivity index (χ2n) is 6.50. The summed E-state index contributed by atoms with van der Waals surface area (Å²) in [5.74, 6) is -2.00. The summed E-state index contributed by atoms with van der Waals surface area (Å²) in [6.07, 6.45) is -4.99. The summed E-state index contributed by atoms with van der Waals surface area (Å²) in [5.41, 5.74) is 3.94. The Hall–Kier alpha value is -1.95. The number of anilines is 1. The number of halogens is 5. The van der Waals surface area contributed by atoms with E-state index < -0.39 is 23.2 Å². The van der Waals surface area contributed by atoms with Gasteiger partial charge < -0.3 is 9.87 Å². The molecular formula is C21H14ClF3INO3S. The first-order valence-corrected chi connectivity index (χ1v) is 11.4. The van der Waals surface area contributed by atoms with E-state index in [0.29, 0.717) is 9.13 Å². The number of rotatable bonds is 5. The van der Waals surface area contributed by atoms with E-state index in [2.05, 4.69) is 0 Å². The van der Waals surface area contributed by atoms with Crippen LogP contribution in [0.15, 0.2) is 60.7 Å². The SMILES string of the molecule is O=C(Nc1cc(Cl)c(-c2ccc(-c3ccc(CS(=O)O)cc3)cc2)cc1I)C(F)(F)F. The van der Waals surface area contributed by atoms with Crippen LogP contribution < -0.4 is 5.32 Å². The molecule has 2 N–H and O–H groups in total. The van der Waals surface area contributed by atoms with Gasteiger partial charge >= 0.3 is 12.1 Å². The number of hydrogen-bond acceptors (Lipinski definition) is 2. The topological polar surface area (TPSA) is 66.4 Å². The summed E-state index contributed by atoms with van der Waals surface area (Å²) in [7, 11) is 0. The van der Waals surface area contributed by atoms with Crippen molar-refractivity contribution in [2.24, 2.45) is 0 Å². The summed E-state index contributed by atoms with van der Waals surface area (Å²) in [6.45, 7) is 0. The highest BCUT2D eigenvalue weighted by Crippen LogP contribution is 2.35. The van der Waals surface area contributed by atoms with Crippen LogP contribution in [0.1, 0.15) is 5.56 Å². The normalized spacial score (nSPS) is 12.5. The van der Waals surface area contributed by atoms with Gasteiger partial charge in [0.1, 0.15) is 0 Å².